The number of ether oxygens (including phenoxy) is 1. The minimum Gasteiger partial charge on any atom is -0.347 e. The molecule has 7 heteroatoms. The maximum absolute atomic E-state index is 12.3. The zero-order chi connectivity index (χ0) is 17.1. The molecule has 1 aliphatic carbocycles. The summed E-state index contributed by atoms with van der Waals surface area (Å²) in [6.45, 7) is -1.93. The minimum absolute atomic E-state index is 0.345. The van der Waals surface area contributed by atoms with Crippen LogP contribution in [-0.2, 0) is 11.3 Å². The average molecular weight is 338 g/mol. The number of hydrogen-bond donors (Lipinski definition) is 2. The number of alkyl halides is 2. The Labute approximate surface area is 138 Å². The van der Waals surface area contributed by atoms with Gasteiger partial charge < -0.3 is 9.30 Å². The molecule has 1 fully saturated rings. The highest BCUT2D eigenvalue weighted by atomic mass is 19.3. The van der Waals surface area contributed by atoms with Crippen molar-refractivity contribution < 1.29 is 23.5 Å². The van der Waals surface area contributed by atoms with Gasteiger partial charge in [-0.3, -0.25) is 10.0 Å². The van der Waals surface area contributed by atoms with Crippen molar-refractivity contribution in [2.75, 3.05) is 0 Å². The van der Waals surface area contributed by atoms with Crippen LogP contribution >= 0.6 is 0 Å². The van der Waals surface area contributed by atoms with Gasteiger partial charge >= 0.3 is 6.61 Å². The fourth-order valence-electron chi connectivity index (χ4n) is 3.42. The van der Waals surface area contributed by atoms with Gasteiger partial charge in [-0.25, -0.2) is 5.48 Å². The fourth-order valence-corrected chi connectivity index (χ4v) is 3.42. The Morgan fingerprint density at radius 3 is 2.71 bits per heavy atom. The molecule has 0 radical (unpaired) electrons. The molecule has 3 rings (SSSR count). The summed E-state index contributed by atoms with van der Waals surface area (Å²) in [5.41, 5.74) is 2.94. The van der Waals surface area contributed by atoms with Gasteiger partial charge in [0.1, 0.15) is 0 Å². The number of amides is 1. The van der Waals surface area contributed by atoms with Crippen LogP contribution < -0.4 is 5.48 Å². The topological polar surface area (TPSA) is 63.5 Å². The van der Waals surface area contributed by atoms with Gasteiger partial charge in [0.05, 0.1) is 6.10 Å². The molecule has 0 bridgehead atoms. The van der Waals surface area contributed by atoms with Crippen molar-refractivity contribution in [1.29, 1.82) is 0 Å². The molecule has 130 valence electrons. The summed E-state index contributed by atoms with van der Waals surface area (Å²) >= 11 is 0. The molecule has 2 N–H and O–H groups in total. The standard InChI is InChI=1S/C17H20F2N2O3/c18-17(19)24-14-5-1-11(2-6-14)10-21-8-7-12-3-4-13(9-15(12)21)16(22)20-23/h3-4,7-9,11,14,17,23H,1-2,5-6,10H2,(H,20,22). The molecule has 1 saturated carbocycles. The molecule has 0 unspecified atom stereocenters. The van der Waals surface area contributed by atoms with E-state index in [1.54, 1.807) is 17.6 Å². The van der Waals surface area contributed by atoms with Crippen molar-refractivity contribution in [3.63, 3.8) is 0 Å². The van der Waals surface area contributed by atoms with E-state index in [2.05, 4.69) is 9.30 Å². The summed E-state index contributed by atoms with van der Waals surface area (Å²) in [6, 6.07) is 7.21. The Hall–Kier alpha value is -1.99. The maximum atomic E-state index is 12.3. The predicted octanol–water partition coefficient (Wildman–Crippen LogP) is 3.56. The van der Waals surface area contributed by atoms with Crippen LogP contribution in [0.5, 0.6) is 0 Å². The van der Waals surface area contributed by atoms with E-state index >= 15 is 0 Å². The highest BCUT2D eigenvalue weighted by Crippen LogP contribution is 2.30. The Kier molecular flexibility index (Phi) is 5.11. The molecule has 2 aromatic rings. The van der Waals surface area contributed by atoms with Crippen LogP contribution in [-0.4, -0.2) is 28.4 Å². The van der Waals surface area contributed by atoms with Gasteiger partial charge in [-0.1, -0.05) is 6.07 Å². The lowest BCUT2D eigenvalue weighted by molar-refractivity contribution is -0.171. The lowest BCUT2D eigenvalue weighted by atomic mass is 9.87. The fraction of sp³-hybridized carbons (Fsp3) is 0.471. The molecule has 1 heterocycles. The highest BCUT2D eigenvalue weighted by Gasteiger charge is 2.24. The van der Waals surface area contributed by atoms with Crippen LogP contribution in [0.25, 0.3) is 10.9 Å². The van der Waals surface area contributed by atoms with Gasteiger partial charge in [-0.05, 0) is 55.2 Å². The van der Waals surface area contributed by atoms with E-state index in [1.165, 1.54) is 0 Å². The first-order valence-electron chi connectivity index (χ1n) is 8.03. The van der Waals surface area contributed by atoms with E-state index in [0.29, 0.717) is 24.3 Å². The van der Waals surface area contributed by atoms with E-state index < -0.39 is 12.5 Å². The number of halogens is 2. The van der Waals surface area contributed by atoms with Gasteiger partial charge in [0, 0.05) is 23.8 Å². The summed E-state index contributed by atoms with van der Waals surface area (Å²) in [7, 11) is 0. The number of aromatic nitrogens is 1. The van der Waals surface area contributed by atoms with E-state index in [4.69, 9.17) is 5.21 Å². The molecular formula is C17H20F2N2O3. The lowest BCUT2D eigenvalue weighted by Crippen LogP contribution is -2.25. The third kappa shape index (κ3) is 3.73. The average Bonchev–Trinajstić information content (AvgIpc) is 2.97. The molecule has 0 atom stereocenters. The summed E-state index contributed by atoms with van der Waals surface area (Å²) in [5, 5.41) is 9.77. The van der Waals surface area contributed by atoms with E-state index in [0.717, 1.165) is 30.3 Å². The summed E-state index contributed by atoms with van der Waals surface area (Å²) < 4.78 is 31.2. The van der Waals surface area contributed by atoms with Crippen LogP contribution in [0.4, 0.5) is 8.78 Å². The zero-order valence-electron chi connectivity index (χ0n) is 13.1. The van der Waals surface area contributed by atoms with Crippen molar-refractivity contribution >= 4 is 16.8 Å². The van der Waals surface area contributed by atoms with Crippen molar-refractivity contribution in [3.8, 4) is 0 Å². The second-order valence-corrected chi connectivity index (χ2v) is 6.22. The summed E-state index contributed by atoms with van der Waals surface area (Å²) in [4.78, 5) is 11.6. The van der Waals surface area contributed by atoms with Crippen molar-refractivity contribution in [2.24, 2.45) is 5.92 Å². The van der Waals surface area contributed by atoms with Crippen LogP contribution in [0.15, 0.2) is 30.5 Å². The largest absolute Gasteiger partial charge is 0.347 e. The van der Waals surface area contributed by atoms with Crippen LogP contribution in [0.3, 0.4) is 0 Å². The molecular weight excluding hydrogens is 318 g/mol. The Morgan fingerprint density at radius 2 is 2.04 bits per heavy atom. The number of fused-ring (bicyclic) bond motifs is 1. The number of carbonyl (C=O) groups is 1. The summed E-state index contributed by atoms with van der Waals surface area (Å²) in [6.07, 6.45) is 4.59. The van der Waals surface area contributed by atoms with Crippen molar-refractivity contribution in [1.82, 2.24) is 10.0 Å². The van der Waals surface area contributed by atoms with Crippen molar-refractivity contribution in [2.45, 2.75) is 44.9 Å². The number of hydroxylamine groups is 1. The third-order valence-electron chi connectivity index (χ3n) is 4.68. The molecule has 1 amide bonds. The molecule has 1 aromatic carbocycles. The third-order valence-corrected chi connectivity index (χ3v) is 4.68. The van der Waals surface area contributed by atoms with Gasteiger partial charge in [0.25, 0.3) is 5.91 Å². The Balaban J connectivity index is 1.68. The van der Waals surface area contributed by atoms with Gasteiger partial charge in [0.2, 0.25) is 0 Å². The zero-order valence-corrected chi connectivity index (χ0v) is 13.1. The molecule has 1 aliphatic rings. The second-order valence-electron chi connectivity index (χ2n) is 6.22. The van der Waals surface area contributed by atoms with Gasteiger partial charge in [-0.15, -0.1) is 0 Å². The highest BCUT2D eigenvalue weighted by molar-refractivity contribution is 5.97. The number of benzene rings is 1. The quantitative estimate of drug-likeness (QED) is 0.647. The lowest BCUT2D eigenvalue weighted by Gasteiger charge is -2.28. The maximum Gasteiger partial charge on any atom is 0.345 e. The van der Waals surface area contributed by atoms with E-state index in [-0.39, 0.29) is 6.10 Å². The first-order chi connectivity index (χ1) is 11.6. The summed E-state index contributed by atoms with van der Waals surface area (Å²) in [5.74, 6) is -0.150. The second kappa shape index (κ2) is 7.27. The molecule has 1 aromatic heterocycles. The molecule has 0 saturated heterocycles. The number of nitrogens with zero attached hydrogens (tertiary/aromatic N) is 1. The van der Waals surface area contributed by atoms with E-state index in [1.807, 2.05) is 18.3 Å². The smallest absolute Gasteiger partial charge is 0.345 e. The number of nitrogens with one attached hydrogen (secondary N) is 1. The van der Waals surface area contributed by atoms with Crippen molar-refractivity contribution in [3.05, 3.63) is 36.0 Å². The molecule has 0 aliphatic heterocycles. The molecule has 5 nitrogen and oxygen atoms in total. The predicted molar refractivity (Wildman–Crippen MR) is 84.0 cm³/mol. The van der Waals surface area contributed by atoms with Crippen LogP contribution in [0, 0.1) is 5.92 Å². The van der Waals surface area contributed by atoms with Crippen LogP contribution in [0.1, 0.15) is 36.0 Å². The Bertz CT molecular complexity index is 709. The number of rotatable bonds is 5. The Morgan fingerprint density at radius 1 is 1.29 bits per heavy atom. The first-order valence-corrected chi connectivity index (χ1v) is 8.03. The number of carbonyl (C=O) groups excluding carboxylic acids is 1. The van der Waals surface area contributed by atoms with Gasteiger partial charge in [0.15, 0.2) is 0 Å². The first kappa shape index (κ1) is 16.9. The monoisotopic (exact) mass is 338 g/mol. The molecule has 24 heavy (non-hydrogen) atoms. The number of hydrogen-bond acceptors (Lipinski definition) is 3. The van der Waals surface area contributed by atoms with E-state index in [9.17, 15) is 13.6 Å². The molecule has 0 spiro atoms. The SMILES string of the molecule is O=C(NO)c1ccc2ccn(CC3CCC(OC(F)F)CC3)c2c1. The normalized spacial score (nSPS) is 21.3. The minimum atomic E-state index is -2.70. The van der Waals surface area contributed by atoms with Gasteiger partial charge in [-0.2, -0.15) is 8.78 Å². The van der Waals surface area contributed by atoms with Crippen LogP contribution in [0.2, 0.25) is 0 Å².